The fourth-order valence-corrected chi connectivity index (χ4v) is 2.18. The monoisotopic (exact) mass is 170 g/mol. The quantitative estimate of drug-likeness (QED) is 0.637. The van der Waals surface area contributed by atoms with Crippen LogP contribution in [0, 0.1) is 5.41 Å². The van der Waals surface area contributed by atoms with E-state index in [0.29, 0.717) is 6.10 Å². The Morgan fingerprint density at radius 2 is 2.42 bits per heavy atom. The first-order valence-corrected chi connectivity index (χ1v) is 4.57. The van der Waals surface area contributed by atoms with Crippen molar-refractivity contribution in [3.05, 3.63) is 0 Å². The highest BCUT2D eigenvalue weighted by Gasteiger charge is 2.53. The largest absolute Gasteiger partial charge is 0.481 e. The molecule has 1 saturated heterocycles. The average Bonchev–Trinajstić information content (AvgIpc) is 2.80. The third kappa shape index (κ3) is 1.04. The van der Waals surface area contributed by atoms with E-state index >= 15 is 0 Å². The topological polar surface area (TPSA) is 49.8 Å². The van der Waals surface area contributed by atoms with Gasteiger partial charge in [0.2, 0.25) is 0 Å². The van der Waals surface area contributed by atoms with Crippen LogP contribution < -0.4 is 0 Å². The number of ether oxygens (including phenoxy) is 1. The molecule has 0 aromatic heterocycles. The maximum absolute atomic E-state index is 11.0. The van der Waals surface area contributed by atoms with Gasteiger partial charge in [0, 0.05) is 0 Å². The van der Waals surface area contributed by atoms with Crippen LogP contribution in [0.3, 0.4) is 0 Å². The van der Waals surface area contributed by atoms with E-state index in [1.807, 2.05) is 6.92 Å². The predicted octanol–water partition coefficient (Wildman–Crippen LogP) is 1.42. The number of carboxylic acids is 1. The number of aliphatic carboxylic acids is 1. The lowest BCUT2D eigenvalue weighted by atomic mass is 9.72. The molecule has 0 spiro atoms. The Hall–Kier alpha value is -0.570. The molecule has 0 radical (unpaired) electrons. The van der Waals surface area contributed by atoms with E-state index in [2.05, 4.69) is 0 Å². The third-order valence-electron chi connectivity index (χ3n) is 3.32. The molecular weight excluding hydrogens is 156 g/mol. The average molecular weight is 170 g/mol. The predicted molar refractivity (Wildman–Crippen MR) is 42.9 cm³/mol. The van der Waals surface area contributed by atoms with Gasteiger partial charge in [0.05, 0.1) is 17.6 Å². The second-order valence-electron chi connectivity index (χ2n) is 3.89. The standard InChI is InChI=1S/C9H14O3/c1-2-9(8(10)11)4-3-6-7(5-9)12-6/h6-7H,2-5H2,1H3,(H,10,11)/t6-,7+,9+/m0/s1. The van der Waals surface area contributed by atoms with Crippen molar-refractivity contribution in [3.63, 3.8) is 0 Å². The molecule has 1 aliphatic heterocycles. The summed E-state index contributed by atoms with van der Waals surface area (Å²) >= 11 is 0. The first-order chi connectivity index (χ1) is 5.68. The number of fused-ring (bicyclic) bond motifs is 1. The summed E-state index contributed by atoms with van der Waals surface area (Å²) in [6, 6.07) is 0. The minimum atomic E-state index is -0.640. The van der Waals surface area contributed by atoms with Crippen molar-refractivity contribution >= 4 is 5.97 Å². The number of rotatable bonds is 2. The molecule has 0 amide bonds. The van der Waals surface area contributed by atoms with Gasteiger partial charge in [-0.1, -0.05) is 6.92 Å². The maximum Gasteiger partial charge on any atom is 0.309 e. The molecule has 1 saturated carbocycles. The Labute approximate surface area is 71.7 Å². The summed E-state index contributed by atoms with van der Waals surface area (Å²) in [7, 11) is 0. The van der Waals surface area contributed by atoms with E-state index in [9.17, 15) is 4.79 Å². The Morgan fingerprint density at radius 3 is 2.92 bits per heavy atom. The number of carbonyl (C=O) groups is 1. The van der Waals surface area contributed by atoms with Crippen LogP contribution >= 0.6 is 0 Å². The summed E-state index contributed by atoms with van der Waals surface area (Å²) in [5, 5.41) is 9.07. The van der Waals surface area contributed by atoms with Crippen LogP contribution in [0.25, 0.3) is 0 Å². The Balaban J connectivity index is 2.11. The SMILES string of the molecule is CC[C@@]1(C(=O)O)CC[C@@H]2O[C@@H]2C1. The van der Waals surface area contributed by atoms with Gasteiger partial charge in [-0.2, -0.15) is 0 Å². The molecule has 0 aromatic rings. The lowest BCUT2D eigenvalue weighted by Crippen LogP contribution is -2.35. The molecule has 3 nitrogen and oxygen atoms in total. The second kappa shape index (κ2) is 2.46. The zero-order valence-electron chi connectivity index (χ0n) is 7.25. The lowest BCUT2D eigenvalue weighted by Gasteiger charge is -2.29. The molecule has 12 heavy (non-hydrogen) atoms. The van der Waals surface area contributed by atoms with E-state index in [-0.39, 0.29) is 6.10 Å². The van der Waals surface area contributed by atoms with Crippen LogP contribution in [0.5, 0.6) is 0 Å². The van der Waals surface area contributed by atoms with Crippen molar-refractivity contribution in [2.24, 2.45) is 5.41 Å². The van der Waals surface area contributed by atoms with Crippen LogP contribution in [-0.2, 0) is 9.53 Å². The zero-order chi connectivity index (χ0) is 8.77. The van der Waals surface area contributed by atoms with Crippen LogP contribution in [0.2, 0.25) is 0 Å². The molecule has 68 valence electrons. The fraction of sp³-hybridized carbons (Fsp3) is 0.889. The molecule has 0 aromatic carbocycles. The highest BCUT2D eigenvalue weighted by atomic mass is 16.6. The Morgan fingerprint density at radius 1 is 1.67 bits per heavy atom. The van der Waals surface area contributed by atoms with Gasteiger partial charge < -0.3 is 9.84 Å². The Kier molecular flexibility index (Phi) is 1.65. The number of hydrogen-bond acceptors (Lipinski definition) is 2. The van der Waals surface area contributed by atoms with Gasteiger partial charge in [-0.3, -0.25) is 4.79 Å². The molecule has 3 atom stereocenters. The first kappa shape index (κ1) is 8.05. The van der Waals surface area contributed by atoms with Crippen LogP contribution in [-0.4, -0.2) is 23.3 Å². The summed E-state index contributed by atoms with van der Waals surface area (Å²) < 4.78 is 5.32. The molecule has 3 heteroatoms. The van der Waals surface area contributed by atoms with Crippen molar-refractivity contribution < 1.29 is 14.6 Å². The molecule has 0 bridgehead atoms. The van der Waals surface area contributed by atoms with E-state index in [4.69, 9.17) is 9.84 Å². The van der Waals surface area contributed by atoms with Crippen LogP contribution in [0.4, 0.5) is 0 Å². The lowest BCUT2D eigenvalue weighted by molar-refractivity contribution is -0.150. The molecule has 1 aliphatic carbocycles. The molecule has 2 aliphatic rings. The van der Waals surface area contributed by atoms with Crippen molar-refractivity contribution in [3.8, 4) is 0 Å². The van der Waals surface area contributed by atoms with Gasteiger partial charge in [0.1, 0.15) is 0 Å². The van der Waals surface area contributed by atoms with E-state index in [0.717, 1.165) is 25.7 Å². The molecule has 0 unspecified atom stereocenters. The number of epoxide rings is 1. The summed E-state index contributed by atoms with van der Waals surface area (Å²) in [5.74, 6) is -0.640. The number of carboxylic acid groups (broad SMARTS) is 1. The minimum absolute atomic E-state index is 0.259. The van der Waals surface area contributed by atoms with E-state index in [1.165, 1.54) is 0 Å². The zero-order valence-corrected chi connectivity index (χ0v) is 7.25. The van der Waals surface area contributed by atoms with Crippen molar-refractivity contribution in [1.29, 1.82) is 0 Å². The molecular formula is C9H14O3. The summed E-state index contributed by atoms with van der Waals surface area (Å²) in [6.45, 7) is 1.96. The van der Waals surface area contributed by atoms with Crippen LogP contribution in [0.15, 0.2) is 0 Å². The highest BCUT2D eigenvalue weighted by molar-refractivity contribution is 5.75. The molecule has 2 fully saturated rings. The van der Waals surface area contributed by atoms with Gasteiger partial charge in [-0.15, -0.1) is 0 Å². The summed E-state index contributed by atoms with van der Waals surface area (Å²) in [4.78, 5) is 11.0. The molecule has 2 rings (SSSR count). The fourth-order valence-electron chi connectivity index (χ4n) is 2.18. The van der Waals surface area contributed by atoms with Gasteiger partial charge in [-0.25, -0.2) is 0 Å². The number of hydrogen-bond donors (Lipinski definition) is 1. The minimum Gasteiger partial charge on any atom is -0.481 e. The van der Waals surface area contributed by atoms with E-state index in [1.54, 1.807) is 0 Å². The third-order valence-corrected chi connectivity index (χ3v) is 3.32. The van der Waals surface area contributed by atoms with Crippen LogP contribution in [0.1, 0.15) is 32.6 Å². The molecule has 1 N–H and O–H groups in total. The van der Waals surface area contributed by atoms with Crippen molar-refractivity contribution in [2.45, 2.75) is 44.8 Å². The maximum atomic E-state index is 11.0. The van der Waals surface area contributed by atoms with Crippen molar-refractivity contribution in [1.82, 2.24) is 0 Å². The van der Waals surface area contributed by atoms with Gasteiger partial charge in [-0.05, 0) is 25.7 Å². The van der Waals surface area contributed by atoms with E-state index < -0.39 is 11.4 Å². The van der Waals surface area contributed by atoms with Crippen molar-refractivity contribution in [2.75, 3.05) is 0 Å². The summed E-state index contributed by atoms with van der Waals surface area (Å²) in [5.41, 5.74) is -0.475. The molecule has 1 heterocycles. The second-order valence-corrected chi connectivity index (χ2v) is 3.89. The Bertz CT molecular complexity index is 214. The highest BCUT2D eigenvalue weighted by Crippen LogP contribution is 2.48. The van der Waals surface area contributed by atoms with Gasteiger partial charge in [0.15, 0.2) is 0 Å². The summed E-state index contributed by atoms with van der Waals surface area (Å²) in [6.07, 6.45) is 3.84. The van der Waals surface area contributed by atoms with Gasteiger partial charge in [0.25, 0.3) is 0 Å². The normalized spacial score (nSPS) is 45.1. The van der Waals surface area contributed by atoms with Gasteiger partial charge >= 0.3 is 5.97 Å². The smallest absolute Gasteiger partial charge is 0.309 e. The first-order valence-electron chi connectivity index (χ1n) is 4.57.